The van der Waals surface area contributed by atoms with E-state index in [2.05, 4.69) is 15.3 Å². The van der Waals surface area contributed by atoms with Crippen molar-refractivity contribution in [1.29, 1.82) is 0 Å². The van der Waals surface area contributed by atoms with Crippen molar-refractivity contribution in [3.8, 4) is 5.75 Å². The molecule has 0 spiro atoms. The maximum Gasteiger partial charge on any atom is 0.234 e. The van der Waals surface area contributed by atoms with Crippen LogP contribution in [-0.4, -0.2) is 51.7 Å². The number of aromatic nitrogens is 2. The molecule has 3 aromatic rings. The second kappa shape index (κ2) is 8.62. The van der Waals surface area contributed by atoms with Gasteiger partial charge in [-0.15, -0.1) is 0 Å². The normalized spacial score (nSPS) is 19.0. The first kappa shape index (κ1) is 21.2. The lowest BCUT2D eigenvalue weighted by molar-refractivity contribution is -0.122. The number of nitrogens with two attached hydrogens (primary N) is 1. The van der Waals surface area contributed by atoms with Crippen LogP contribution in [0.2, 0.25) is 5.02 Å². The lowest BCUT2D eigenvalue weighted by Crippen LogP contribution is -2.39. The summed E-state index contributed by atoms with van der Waals surface area (Å²) < 4.78 is 19.9. The number of rotatable bonds is 6. The average Bonchev–Trinajstić information content (AvgIpc) is 3.11. The van der Waals surface area contributed by atoms with Gasteiger partial charge in [-0.05, 0) is 24.6 Å². The highest BCUT2D eigenvalue weighted by molar-refractivity contribution is 6.31. The van der Waals surface area contributed by atoms with Crippen LogP contribution in [-0.2, 0) is 11.3 Å². The maximum absolute atomic E-state index is 14.4. The number of aliphatic hydroxyl groups excluding tert-OH is 1. The largest absolute Gasteiger partial charge is 0.496 e. The molecule has 10 heteroatoms. The Morgan fingerprint density at radius 2 is 2.23 bits per heavy atom. The number of aliphatic hydroxyl groups is 1. The molecule has 1 aromatic heterocycles. The average molecular weight is 446 g/mol. The topological polar surface area (TPSA) is 114 Å². The standard InChI is InChI=1S/C21H21ClFN5O3/c1-31-18-7-16-13(5-11(18)8-28-9-12(29)6-17(28)20(24)30)21(26-10-25-16)27-15-4-2-3-14(22)19(15)23/h2-5,7,10,12,17,29H,6,8-9H2,1H3,(H2,24,30)(H,25,26,27)/t12-,17-/m0/s1. The Labute approximate surface area is 182 Å². The van der Waals surface area contributed by atoms with Gasteiger partial charge < -0.3 is 20.9 Å². The summed E-state index contributed by atoms with van der Waals surface area (Å²) >= 11 is 5.88. The number of carbonyl (C=O) groups excluding carboxylic acids is 1. The molecule has 1 saturated heterocycles. The third-order valence-corrected chi connectivity index (χ3v) is 5.62. The van der Waals surface area contributed by atoms with E-state index in [1.54, 1.807) is 18.2 Å². The smallest absolute Gasteiger partial charge is 0.234 e. The van der Waals surface area contributed by atoms with E-state index in [-0.39, 0.29) is 17.1 Å². The lowest BCUT2D eigenvalue weighted by atomic mass is 10.1. The van der Waals surface area contributed by atoms with E-state index in [0.717, 1.165) is 5.56 Å². The van der Waals surface area contributed by atoms with E-state index >= 15 is 0 Å². The van der Waals surface area contributed by atoms with Crippen LogP contribution in [0.5, 0.6) is 5.75 Å². The zero-order chi connectivity index (χ0) is 22.1. The minimum atomic E-state index is -0.629. The van der Waals surface area contributed by atoms with Crippen molar-refractivity contribution in [3.63, 3.8) is 0 Å². The number of hydrogen-bond acceptors (Lipinski definition) is 7. The summed E-state index contributed by atoms with van der Waals surface area (Å²) in [4.78, 5) is 22.1. The van der Waals surface area contributed by atoms with Gasteiger partial charge in [0.1, 0.15) is 17.9 Å². The molecule has 1 fully saturated rings. The summed E-state index contributed by atoms with van der Waals surface area (Å²) in [5.74, 6) is -0.114. The van der Waals surface area contributed by atoms with Gasteiger partial charge in [-0.3, -0.25) is 9.69 Å². The van der Waals surface area contributed by atoms with Gasteiger partial charge in [0.25, 0.3) is 0 Å². The number of primary amides is 1. The summed E-state index contributed by atoms with van der Waals surface area (Å²) in [5, 5.41) is 13.6. The van der Waals surface area contributed by atoms with Crippen molar-refractivity contribution >= 4 is 39.9 Å². The number of benzene rings is 2. The number of ether oxygens (including phenoxy) is 1. The first-order valence-corrected chi connectivity index (χ1v) is 9.99. The van der Waals surface area contributed by atoms with Crippen LogP contribution in [0.1, 0.15) is 12.0 Å². The molecule has 31 heavy (non-hydrogen) atoms. The van der Waals surface area contributed by atoms with Gasteiger partial charge in [-0.25, -0.2) is 14.4 Å². The van der Waals surface area contributed by atoms with Crippen LogP contribution >= 0.6 is 11.6 Å². The molecule has 4 rings (SSSR count). The van der Waals surface area contributed by atoms with E-state index in [0.29, 0.717) is 35.6 Å². The molecule has 1 aliphatic rings. The molecule has 1 aliphatic heterocycles. The molecule has 162 valence electrons. The first-order chi connectivity index (χ1) is 14.9. The quantitative estimate of drug-likeness (QED) is 0.534. The van der Waals surface area contributed by atoms with Gasteiger partial charge in [-0.2, -0.15) is 0 Å². The molecule has 2 heterocycles. The molecule has 2 atom stereocenters. The Morgan fingerprint density at radius 1 is 1.42 bits per heavy atom. The van der Waals surface area contributed by atoms with E-state index in [1.807, 2.05) is 11.0 Å². The van der Waals surface area contributed by atoms with Crippen molar-refractivity contribution in [2.24, 2.45) is 5.73 Å². The number of fused-ring (bicyclic) bond motifs is 1. The van der Waals surface area contributed by atoms with Gasteiger partial charge in [0.15, 0.2) is 5.82 Å². The fourth-order valence-electron chi connectivity index (χ4n) is 3.84. The number of amides is 1. The monoisotopic (exact) mass is 445 g/mol. The SMILES string of the molecule is COc1cc2ncnc(Nc3cccc(Cl)c3F)c2cc1CN1C[C@@H](O)C[C@H]1C(N)=O. The Balaban J connectivity index is 1.74. The van der Waals surface area contributed by atoms with Gasteiger partial charge >= 0.3 is 0 Å². The Hall–Kier alpha value is -3.01. The molecule has 0 bridgehead atoms. The second-order valence-corrected chi connectivity index (χ2v) is 7.77. The maximum atomic E-state index is 14.4. The number of nitrogens with one attached hydrogen (secondary N) is 1. The van der Waals surface area contributed by atoms with Crippen molar-refractivity contribution in [1.82, 2.24) is 14.9 Å². The molecular weight excluding hydrogens is 425 g/mol. The van der Waals surface area contributed by atoms with Gasteiger partial charge in [0.2, 0.25) is 5.91 Å². The molecule has 0 aliphatic carbocycles. The van der Waals surface area contributed by atoms with Crippen LogP contribution in [0, 0.1) is 5.82 Å². The van der Waals surface area contributed by atoms with Crippen molar-refractivity contribution in [2.75, 3.05) is 19.0 Å². The van der Waals surface area contributed by atoms with Crippen LogP contribution in [0.15, 0.2) is 36.7 Å². The molecule has 2 aromatic carbocycles. The zero-order valence-electron chi connectivity index (χ0n) is 16.7. The predicted octanol–water partition coefficient (Wildman–Crippen LogP) is 2.59. The Morgan fingerprint density at radius 3 is 2.97 bits per heavy atom. The molecule has 1 amide bonds. The van der Waals surface area contributed by atoms with E-state index in [9.17, 15) is 14.3 Å². The van der Waals surface area contributed by atoms with Crippen molar-refractivity contribution in [2.45, 2.75) is 25.1 Å². The van der Waals surface area contributed by atoms with Crippen molar-refractivity contribution in [3.05, 3.63) is 53.1 Å². The highest BCUT2D eigenvalue weighted by atomic mass is 35.5. The number of likely N-dealkylation sites (tertiary alicyclic amines) is 1. The summed E-state index contributed by atoms with van der Waals surface area (Å²) in [5.41, 5.74) is 7.02. The van der Waals surface area contributed by atoms with Crippen LogP contribution in [0.3, 0.4) is 0 Å². The number of nitrogens with zero attached hydrogens (tertiary/aromatic N) is 3. The van der Waals surface area contributed by atoms with E-state index < -0.39 is 23.9 Å². The highest BCUT2D eigenvalue weighted by Crippen LogP contribution is 2.33. The van der Waals surface area contributed by atoms with Gasteiger partial charge in [0.05, 0.1) is 35.5 Å². The summed E-state index contributed by atoms with van der Waals surface area (Å²) in [6.07, 6.45) is 1.02. The highest BCUT2D eigenvalue weighted by Gasteiger charge is 2.35. The molecule has 0 unspecified atom stereocenters. The van der Waals surface area contributed by atoms with E-state index in [4.69, 9.17) is 22.1 Å². The lowest BCUT2D eigenvalue weighted by Gasteiger charge is -2.23. The first-order valence-electron chi connectivity index (χ1n) is 9.61. The minimum absolute atomic E-state index is 0.00388. The van der Waals surface area contributed by atoms with Crippen LogP contribution in [0.4, 0.5) is 15.9 Å². The fourth-order valence-corrected chi connectivity index (χ4v) is 4.01. The van der Waals surface area contributed by atoms with Crippen LogP contribution < -0.4 is 15.8 Å². The third-order valence-electron chi connectivity index (χ3n) is 5.33. The summed E-state index contributed by atoms with van der Waals surface area (Å²) in [6, 6.07) is 7.65. The Kier molecular flexibility index (Phi) is 5.90. The van der Waals surface area contributed by atoms with Crippen LogP contribution in [0.25, 0.3) is 10.9 Å². The fraction of sp³-hybridized carbons (Fsp3) is 0.286. The number of methoxy groups -OCH3 is 1. The van der Waals surface area contributed by atoms with Gasteiger partial charge in [-0.1, -0.05) is 17.7 Å². The molecular formula is C21H21ClFN5O3. The molecule has 0 radical (unpaired) electrons. The summed E-state index contributed by atoms with van der Waals surface area (Å²) in [7, 11) is 1.54. The third kappa shape index (κ3) is 4.25. The van der Waals surface area contributed by atoms with Gasteiger partial charge in [0, 0.05) is 30.1 Å². The minimum Gasteiger partial charge on any atom is -0.496 e. The molecule has 4 N–H and O–H groups in total. The number of hydrogen-bond donors (Lipinski definition) is 3. The number of carbonyl (C=O) groups is 1. The summed E-state index contributed by atoms with van der Waals surface area (Å²) in [6.45, 7) is 0.641. The second-order valence-electron chi connectivity index (χ2n) is 7.37. The Bertz CT molecular complexity index is 1150. The number of β-amino-alcohol motifs (C(OH)–C–C–N with tert-alkyl or cyclic N) is 1. The molecule has 0 saturated carbocycles. The number of anilines is 2. The van der Waals surface area contributed by atoms with E-state index in [1.165, 1.54) is 19.5 Å². The molecule has 8 nitrogen and oxygen atoms in total. The van der Waals surface area contributed by atoms with Crippen molar-refractivity contribution < 1.29 is 19.0 Å². The number of halogens is 2. The zero-order valence-corrected chi connectivity index (χ0v) is 17.4. The predicted molar refractivity (Wildman–Crippen MR) is 115 cm³/mol.